The Kier molecular flexibility index (Phi) is 5.43. The van der Waals surface area contributed by atoms with Crippen LogP contribution in [0.5, 0.6) is 0 Å². The molecule has 1 aromatic carbocycles. The number of amides is 1. The van der Waals surface area contributed by atoms with Gasteiger partial charge in [-0.1, -0.05) is 38.1 Å². The van der Waals surface area contributed by atoms with E-state index in [9.17, 15) is 18.0 Å². The summed E-state index contributed by atoms with van der Waals surface area (Å²) in [5.41, 5.74) is 0.980. The van der Waals surface area contributed by atoms with Crippen molar-refractivity contribution in [1.29, 1.82) is 0 Å². The third-order valence-electron chi connectivity index (χ3n) is 3.91. The van der Waals surface area contributed by atoms with Crippen LogP contribution in [-0.2, 0) is 24.3 Å². The number of rotatable bonds is 6. The fraction of sp³-hybridized carbons (Fsp3) is 0.412. The number of ether oxygens (including phenoxy) is 1. The van der Waals surface area contributed by atoms with Gasteiger partial charge in [0.15, 0.2) is 0 Å². The first-order valence-corrected chi connectivity index (χ1v) is 9.24. The summed E-state index contributed by atoms with van der Waals surface area (Å²) in [6, 6.07) is 4.10. The largest absolute Gasteiger partial charge is 0.466 e. The van der Waals surface area contributed by atoms with Crippen molar-refractivity contribution in [2.45, 2.75) is 44.0 Å². The van der Waals surface area contributed by atoms with Crippen molar-refractivity contribution in [3.8, 4) is 0 Å². The molecule has 24 heavy (non-hydrogen) atoms. The Labute approximate surface area is 142 Å². The molecule has 1 heterocycles. The Morgan fingerprint density at radius 3 is 2.71 bits per heavy atom. The summed E-state index contributed by atoms with van der Waals surface area (Å²) >= 11 is 0. The molecule has 1 aromatic rings. The zero-order chi connectivity index (χ0) is 17.9. The van der Waals surface area contributed by atoms with E-state index in [1.807, 2.05) is 6.92 Å². The van der Waals surface area contributed by atoms with Gasteiger partial charge >= 0.3 is 5.97 Å². The molecule has 0 fully saturated rings. The molecule has 0 aliphatic carbocycles. The lowest BCUT2D eigenvalue weighted by atomic mass is 10.0. The Balaban J connectivity index is 2.40. The first kappa shape index (κ1) is 18.2. The van der Waals surface area contributed by atoms with Crippen LogP contribution in [-0.4, -0.2) is 31.2 Å². The summed E-state index contributed by atoms with van der Waals surface area (Å²) in [4.78, 5) is 24.3. The van der Waals surface area contributed by atoms with Crippen LogP contribution in [0.4, 0.5) is 0 Å². The van der Waals surface area contributed by atoms with Gasteiger partial charge in [0.25, 0.3) is 15.9 Å². The molecule has 1 amide bonds. The fourth-order valence-corrected chi connectivity index (χ4v) is 4.79. The number of carbonyl (C=O) groups excluding carboxylic acids is 2. The molecule has 0 radical (unpaired) electrons. The van der Waals surface area contributed by atoms with Crippen LogP contribution >= 0.6 is 0 Å². The van der Waals surface area contributed by atoms with Crippen LogP contribution in [0.1, 0.15) is 43.4 Å². The van der Waals surface area contributed by atoms with Gasteiger partial charge in [0.1, 0.15) is 0 Å². The number of sulfonamides is 1. The van der Waals surface area contributed by atoms with E-state index in [-0.39, 0.29) is 17.9 Å². The van der Waals surface area contributed by atoms with Crippen molar-refractivity contribution in [2.24, 2.45) is 0 Å². The van der Waals surface area contributed by atoms with Gasteiger partial charge in [-0.2, -0.15) is 0 Å². The van der Waals surface area contributed by atoms with E-state index in [0.717, 1.165) is 23.2 Å². The third kappa shape index (κ3) is 3.21. The third-order valence-corrected chi connectivity index (χ3v) is 5.94. The number of fused-ring (bicyclic) bond motifs is 1. The molecule has 0 saturated carbocycles. The second-order valence-corrected chi connectivity index (χ2v) is 7.38. The van der Waals surface area contributed by atoms with E-state index in [1.165, 1.54) is 0 Å². The number of unbranched alkanes of at least 4 members (excludes halogenated alkanes) is 1. The lowest BCUT2D eigenvalue weighted by Crippen LogP contribution is -2.34. The number of benzene rings is 1. The average molecular weight is 351 g/mol. The zero-order valence-corrected chi connectivity index (χ0v) is 14.6. The van der Waals surface area contributed by atoms with Crippen LogP contribution in [0.15, 0.2) is 35.7 Å². The summed E-state index contributed by atoms with van der Waals surface area (Å²) in [5, 5.41) is 0. The normalized spacial score (nSPS) is 18.1. The first-order valence-electron chi connectivity index (χ1n) is 7.80. The lowest BCUT2D eigenvalue weighted by molar-refractivity contribution is -0.145. The molecular weight excluding hydrogens is 330 g/mol. The van der Waals surface area contributed by atoms with E-state index < -0.39 is 27.9 Å². The van der Waals surface area contributed by atoms with E-state index >= 15 is 0 Å². The molecule has 0 bridgehead atoms. The maximum absolute atomic E-state index is 12.8. The van der Waals surface area contributed by atoms with Crippen molar-refractivity contribution in [3.05, 3.63) is 42.0 Å². The predicted molar refractivity (Wildman–Crippen MR) is 88.6 cm³/mol. The molecule has 1 atom stereocenters. The smallest absolute Gasteiger partial charge is 0.308 e. The molecule has 1 unspecified atom stereocenters. The van der Waals surface area contributed by atoms with Crippen molar-refractivity contribution >= 4 is 21.9 Å². The van der Waals surface area contributed by atoms with Crippen LogP contribution < -0.4 is 0 Å². The maximum atomic E-state index is 12.8. The van der Waals surface area contributed by atoms with Gasteiger partial charge in [0.05, 0.1) is 24.0 Å². The molecular formula is C17H21NO5S. The van der Waals surface area contributed by atoms with Crippen molar-refractivity contribution < 1.29 is 22.7 Å². The van der Waals surface area contributed by atoms with E-state index in [4.69, 9.17) is 4.74 Å². The van der Waals surface area contributed by atoms with Crippen LogP contribution in [0.25, 0.3) is 0 Å². The average Bonchev–Trinajstić information content (AvgIpc) is 2.75. The molecule has 6 nitrogen and oxygen atoms in total. The highest BCUT2D eigenvalue weighted by Crippen LogP contribution is 2.43. The summed E-state index contributed by atoms with van der Waals surface area (Å²) in [6.45, 7) is 7.28. The van der Waals surface area contributed by atoms with Crippen molar-refractivity contribution in [2.75, 3.05) is 6.61 Å². The van der Waals surface area contributed by atoms with Crippen LogP contribution in [0.2, 0.25) is 0 Å². The molecule has 0 aromatic heterocycles. The molecule has 2 rings (SSSR count). The lowest BCUT2D eigenvalue weighted by Gasteiger charge is -2.21. The van der Waals surface area contributed by atoms with E-state index in [0.29, 0.717) is 11.1 Å². The molecule has 0 saturated heterocycles. The van der Waals surface area contributed by atoms with Crippen LogP contribution in [0, 0.1) is 6.92 Å². The quantitative estimate of drug-likeness (QED) is 0.447. The molecule has 7 heteroatoms. The minimum Gasteiger partial charge on any atom is -0.466 e. The topological polar surface area (TPSA) is 80.8 Å². The van der Waals surface area contributed by atoms with Gasteiger partial charge in [-0.15, -0.1) is 0 Å². The van der Waals surface area contributed by atoms with Gasteiger partial charge in [-0.3, -0.25) is 9.59 Å². The highest BCUT2D eigenvalue weighted by atomic mass is 32.2. The number of esters is 1. The number of aryl methyl sites for hydroxylation is 1. The van der Waals surface area contributed by atoms with Gasteiger partial charge in [0.2, 0.25) is 0 Å². The second-order valence-electron chi connectivity index (χ2n) is 5.63. The van der Waals surface area contributed by atoms with Crippen LogP contribution in [0.3, 0.4) is 0 Å². The number of nitrogens with zero attached hydrogens (tertiary/aromatic N) is 1. The Hall–Kier alpha value is -2.15. The van der Waals surface area contributed by atoms with E-state index in [1.54, 1.807) is 25.1 Å². The fourth-order valence-electron chi connectivity index (χ4n) is 2.78. The summed E-state index contributed by atoms with van der Waals surface area (Å²) in [5.74, 6) is -1.28. The summed E-state index contributed by atoms with van der Waals surface area (Å²) in [6.07, 6.45) is 2.35. The van der Waals surface area contributed by atoms with Gasteiger partial charge in [-0.25, -0.2) is 12.7 Å². The Morgan fingerprint density at radius 2 is 2.08 bits per heavy atom. The molecule has 1 aliphatic heterocycles. The molecule has 1 aliphatic rings. The number of hydrogen-bond acceptors (Lipinski definition) is 5. The summed E-state index contributed by atoms with van der Waals surface area (Å²) in [7, 11) is -4.00. The predicted octanol–water partition coefficient (Wildman–Crippen LogP) is 2.49. The minimum absolute atomic E-state index is 0.0894. The van der Waals surface area contributed by atoms with Gasteiger partial charge in [0, 0.05) is 0 Å². The zero-order valence-electron chi connectivity index (χ0n) is 13.8. The summed E-state index contributed by atoms with van der Waals surface area (Å²) < 4.78 is 31.4. The monoisotopic (exact) mass is 351 g/mol. The molecule has 0 N–H and O–H groups in total. The van der Waals surface area contributed by atoms with Gasteiger partial charge in [-0.05, 0) is 30.5 Å². The molecule has 130 valence electrons. The highest BCUT2D eigenvalue weighted by Gasteiger charge is 2.46. The molecule has 0 spiro atoms. The standard InChI is InChI=1S/C17H21NO5S/c1-4-6-10-23-16(20)11-14-13-9-7-8-12(3)17(13)24(21,22)18(14)15(19)5-2/h5,7-9,14H,2,4,6,10-11H2,1,3H3. The Morgan fingerprint density at radius 1 is 1.38 bits per heavy atom. The number of carbonyl (C=O) groups is 2. The van der Waals surface area contributed by atoms with Gasteiger partial charge < -0.3 is 4.74 Å². The van der Waals surface area contributed by atoms with Crippen molar-refractivity contribution in [1.82, 2.24) is 4.31 Å². The minimum atomic E-state index is -4.00. The Bertz CT molecular complexity index is 769. The first-order chi connectivity index (χ1) is 11.3. The maximum Gasteiger partial charge on any atom is 0.308 e. The SMILES string of the molecule is C=CC(=O)N1C(CC(=O)OCCCC)c2cccc(C)c2S1(=O)=O. The highest BCUT2D eigenvalue weighted by molar-refractivity contribution is 7.90. The van der Waals surface area contributed by atoms with Crippen molar-refractivity contribution in [3.63, 3.8) is 0 Å². The second kappa shape index (κ2) is 7.17. The van der Waals surface area contributed by atoms with E-state index in [2.05, 4.69) is 6.58 Å². The number of hydrogen-bond donors (Lipinski definition) is 0.